The van der Waals surface area contributed by atoms with Crippen molar-refractivity contribution in [3.8, 4) is 0 Å². The second kappa shape index (κ2) is 6.02. The van der Waals surface area contributed by atoms with Gasteiger partial charge in [0.2, 0.25) is 0 Å². The number of methoxy groups -OCH3 is 1. The first kappa shape index (κ1) is 14.7. The van der Waals surface area contributed by atoms with Crippen molar-refractivity contribution in [2.75, 3.05) is 46.9 Å². The second-order valence-corrected chi connectivity index (χ2v) is 4.97. The molecular formula is C11H21F3N2O. The maximum atomic E-state index is 12.3. The van der Waals surface area contributed by atoms with Gasteiger partial charge < -0.3 is 10.1 Å². The highest BCUT2D eigenvalue weighted by atomic mass is 19.4. The topological polar surface area (TPSA) is 24.5 Å². The fourth-order valence-corrected chi connectivity index (χ4v) is 2.55. The van der Waals surface area contributed by atoms with Gasteiger partial charge in [0.15, 0.2) is 0 Å². The molecule has 1 aliphatic rings. The van der Waals surface area contributed by atoms with Crippen LogP contribution >= 0.6 is 0 Å². The number of nitrogens with one attached hydrogen (secondary N) is 1. The van der Waals surface area contributed by atoms with Gasteiger partial charge >= 0.3 is 6.18 Å². The molecule has 102 valence electrons. The molecule has 1 saturated heterocycles. The summed E-state index contributed by atoms with van der Waals surface area (Å²) in [5.74, 6) is 0. The van der Waals surface area contributed by atoms with Crippen LogP contribution in [0.4, 0.5) is 13.2 Å². The molecule has 0 aromatic carbocycles. The number of ether oxygens (including phenoxy) is 1. The van der Waals surface area contributed by atoms with E-state index in [1.807, 2.05) is 0 Å². The van der Waals surface area contributed by atoms with Crippen molar-refractivity contribution in [3.63, 3.8) is 0 Å². The molecule has 0 aromatic rings. The Labute approximate surface area is 100 Å². The van der Waals surface area contributed by atoms with Gasteiger partial charge in [0.05, 0.1) is 13.2 Å². The third kappa shape index (κ3) is 5.23. The monoisotopic (exact) mass is 254 g/mol. The number of halogens is 3. The lowest BCUT2D eigenvalue weighted by Crippen LogP contribution is -2.48. The summed E-state index contributed by atoms with van der Waals surface area (Å²) >= 11 is 0. The van der Waals surface area contributed by atoms with Gasteiger partial charge in [-0.05, 0) is 33.0 Å². The summed E-state index contributed by atoms with van der Waals surface area (Å²) in [6.07, 6.45) is -2.40. The summed E-state index contributed by atoms with van der Waals surface area (Å²) in [7, 11) is 3.13. The van der Waals surface area contributed by atoms with Crippen LogP contribution in [0.2, 0.25) is 0 Å². The molecule has 0 aromatic heterocycles. The third-order valence-corrected chi connectivity index (χ3v) is 3.17. The molecule has 1 heterocycles. The molecule has 0 atom stereocenters. The zero-order chi connectivity index (χ0) is 12.9. The van der Waals surface area contributed by atoms with E-state index < -0.39 is 12.7 Å². The minimum absolute atomic E-state index is 0.139. The average Bonchev–Trinajstić information content (AvgIpc) is 2.15. The largest absolute Gasteiger partial charge is 0.401 e. The van der Waals surface area contributed by atoms with Gasteiger partial charge in [0.1, 0.15) is 0 Å². The van der Waals surface area contributed by atoms with E-state index >= 15 is 0 Å². The number of hydrogen-bond donors (Lipinski definition) is 1. The van der Waals surface area contributed by atoms with Gasteiger partial charge in [-0.25, -0.2) is 0 Å². The van der Waals surface area contributed by atoms with E-state index in [-0.39, 0.29) is 5.41 Å². The standard InChI is InChI=1S/C11H21F3N2O/c1-16(8-11(12,13)14)7-10(9-17-2)3-5-15-6-4-10/h15H,3-9H2,1-2H3. The molecule has 6 heteroatoms. The molecule has 0 aliphatic carbocycles. The Morgan fingerprint density at radius 3 is 2.35 bits per heavy atom. The number of nitrogens with zero attached hydrogens (tertiary/aromatic N) is 1. The molecule has 0 amide bonds. The van der Waals surface area contributed by atoms with Crippen molar-refractivity contribution in [1.29, 1.82) is 0 Å². The Morgan fingerprint density at radius 1 is 1.29 bits per heavy atom. The van der Waals surface area contributed by atoms with Crippen molar-refractivity contribution in [2.24, 2.45) is 5.41 Å². The summed E-state index contributed by atoms with van der Waals surface area (Å²) < 4.78 is 42.0. The van der Waals surface area contributed by atoms with Gasteiger partial charge in [-0.15, -0.1) is 0 Å². The Balaban J connectivity index is 2.53. The summed E-state index contributed by atoms with van der Waals surface area (Å²) in [4.78, 5) is 1.35. The summed E-state index contributed by atoms with van der Waals surface area (Å²) in [5, 5.41) is 3.22. The van der Waals surface area contributed by atoms with E-state index in [1.165, 1.54) is 11.9 Å². The normalized spacial score (nSPS) is 20.8. The van der Waals surface area contributed by atoms with Crippen molar-refractivity contribution in [2.45, 2.75) is 19.0 Å². The third-order valence-electron chi connectivity index (χ3n) is 3.17. The Hall–Kier alpha value is -0.330. The first-order valence-electron chi connectivity index (χ1n) is 5.82. The van der Waals surface area contributed by atoms with Gasteiger partial charge in [-0.3, -0.25) is 4.90 Å². The van der Waals surface area contributed by atoms with E-state index in [2.05, 4.69) is 5.32 Å². The summed E-state index contributed by atoms with van der Waals surface area (Å²) in [6.45, 7) is 1.80. The molecular weight excluding hydrogens is 233 g/mol. The highest BCUT2D eigenvalue weighted by Gasteiger charge is 2.36. The van der Waals surface area contributed by atoms with Crippen LogP contribution in [0.3, 0.4) is 0 Å². The predicted molar refractivity (Wildman–Crippen MR) is 60.0 cm³/mol. The number of alkyl halides is 3. The molecule has 0 radical (unpaired) electrons. The van der Waals surface area contributed by atoms with E-state index in [9.17, 15) is 13.2 Å². The van der Waals surface area contributed by atoms with E-state index in [0.717, 1.165) is 25.9 Å². The van der Waals surface area contributed by atoms with Crippen LogP contribution < -0.4 is 5.32 Å². The Bertz CT molecular complexity index is 222. The van der Waals surface area contributed by atoms with Crippen LogP contribution in [0.25, 0.3) is 0 Å². The van der Waals surface area contributed by atoms with Crippen molar-refractivity contribution in [3.05, 3.63) is 0 Å². The SMILES string of the molecule is COCC1(CN(C)CC(F)(F)F)CCNCC1. The molecule has 1 aliphatic heterocycles. The number of hydrogen-bond acceptors (Lipinski definition) is 3. The van der Waals surface area contributed by atoms with Gasteiger partial charge in [0, 0.05) is 19.1 Å². The lowest BCUT2D eigenvalue weighted by molar-refractivity contribution is -0.147. The molecule has 0 bridgehead atoms. The van der Waals surface area contributed by atoms with Crippen LogP contribution in [0, 0.1) is 5.41 Å². The smallest absolute Gasteiger partial charge is 0.384 e. The van der Waals surface area contributed by atoms with Crippen LogP contribution in [0.1, 0.15) is 12.8 Å². The molecule has 3 nitrogen and oxygen atoms in total. The lowest BCUT2D eigenvalue weighted by atomic mass is 9.79. The summed E-state index contributed by atoms with van der Waals surface area (Å²) in [5.41, 5.74) is -0.139. The molecule has 1 N–H and O–H groups in total. The molecule has 17 heavy (non-hydrogen) atoms. The van der Waals surface area contributed by atoms with Crippen molar-refractivity contribution < 1.29 is 17.9 Å². The zero-order valence-corrected chi connectivity index (χ0v) is 10.4. The quantitative estimate of drug-likeness (QED) is 0.804. The zero-order valence-electron chi connectivity index (χ0n) is 10.4. The van der Waals surface area contributed by atoms with Gasteiger partial charge in [-0.2, -0.15) is 13.2 Å². The average molecular weight is 254 g/mol. The van der Waals surface area contributed by atoms with Gasteiger partial charge in [-0.1, -0.05) is 0 Å². The highest BCUT2D eigenvalue weighted by molar-refractivity contribution is 4.87. The Kier molecular flexibility index (Phi) is 5.22. The van der Waals surface area contributed by atoms with Crippen molar-refractivity contribution >= 4 is 0 Å². The van der Waals surface area contributed by atoms with E-state index in [1.54, 1.807) is 7.11 Å². The first-order chi connectivity index (χ1) is 7.87. The molecule has 0 saturated carbocycles. The summed E-state index contributed by atoms with van der Waals surface area (Å²) in [6, 6.07) is 0. The molecule has 0 spiro atoms. The highest BCUT2D eigenvalue weighted by Crippen LogP contribution is 2.30. The maximum Gasteiger partial charge on any atom is 0.401 e. The fraction of sp³-hybridized carbons (Fsp3) is 1.00. The predicted octanol–water partition coefficient (Wildman–Crippen LogP) is 1.50. The minimum atomic E-state index is -4.13. The van der Waals surface area contributed by atoms with E-state index in [4.69, 9.17) is 4.74 Å². The minimum Gasteiger partial charge on any atom is -0.384 e. The first-order valence-corrected chi connectivity index (χ1v) is 5.82. The van der Waals surface area contributed by atoms with Crippen LogP contribution in [-0.4, -0.2) is 58.0 Å². The van der Waals surface area contributed by atoms with E-state index in [0.29, 0.717) is 13.2 Å². The second-order valence-electron chi connectivity index (χ2n) is 4.97. The molecule has 0 unspecified atom stereocenters. The van der Waals surface area contributed by atoms with Crippen LogP contribution in [0.15, 0.2) is 0 Å². The molecule has 1 rings (SSSR count). The fourth-order valence-electron chi connectivity index (χ4n) is 2.55. The van der Waals surface area contributed by atoms with Crippen LogP contribution in [-0.2, 0) is 4.74 Å². The van der Waals surface area contributed by atoms with Crippen molar-refractivity contribution in [1.82, 2.24) is 10.2 Å². The van der Waals surface area contributed by atoms with Crippen LogP contribution in [0.5, 0.6) is 0 Å². The Morgan fingerprint density at radius 2 is 1.88 bits per heavy atom. The number of rotatable bonds is 5. The lowest BCUT2D eigenvalue weighted by Gasteiger charge is -2.40. The maximum absolute atomic E-state index is 12.3. The molecule has 1 fully saturated rings. The number of piperidine rings is 1. The van der Waals surface area contributed by atoms with Gasteiger partial charge in [0.25, 0.3) is 0 Å².